The van der Waals surface area contributed by atoms with Crippen molar-refractivity contribution in [1.82, 2.24) is 5.32 Å². The Morgan fingerprint density at radius 3 is 2.56 bits per heavy atom. The summed E-state index contributed by atoms with van der Waals surface area (Å²) in [6, 6.07) is 0.356. The van der Waals surface area contributed by atoms with Crippen LogP contribution in [-0.4, -0.2) is 24.7 Å². The molecule has 1 rings (SSSR count). The first kappa shape index (κ1) is 13.5. The summed E-state index contributed by atoms with van der Waals surface area (Å²) in [5.41, 5.74) is 0. The average molecular weight is 227 g/mol. The van der Waals surface area contributed by atoms with Gasteiger partial charge in [-0.2, -0.15) is 0 Å². The van der Waals surface area contributed by atoms with Crippen LogP contribution in [0.2, 0.25) is 0 Å². The molecule has 0 aliphatic heterocycles. The summed E-state index contributed by atoms with van der Waals surface area (Å²) < 4.78 is 5.28. The maximum Gasteiger partial charge on any atom is 0.246 e. The van der Waals surface area contributed by atoms with Gasteiger partial charge < -0.3 is 10.1 Å². The predicted molar refractivity (Wildman–Crippen MR) is 65.2 cm³/mol. The van der Waals surface area contributed by atoms with E-state index in [0.29, 0.717) is 12.0 Å². The van der Waals surface area contributed by atoms with Crippen LogP contribution < -0.4 is 5.32 Å². The van der Waals surface area contributed by atoms with Gasteiger partial charge in [-0.1, -0.05) is 13.8 Å². The number of hydrogen-bond acceptors (Lipinski definition) is 2. The van der Waals surface area contributed by atoms with Crippen LogP contribution in [0.5, 0.6) is 0 Å². The predicted octanol–water partition coefficient (Wildman–Crippen LogP) is 2.35. The number of nitrogens with one attached hydrogen (secondary N) is 1. The standard InChI is InChI=1S/C13H25NO2/c1-9(2)16-8-13(15)14-12-6-5-10(3)11(4)7-12/h9-12H,5-8H2,1-4H3,(H,14,15). The van der Waals surface area contributed by atoms with Crippen LogP contribution in [0.4, 0.5) is 0 Å². The second-order valence-corrected chi connectivity index (χ2v) is 5.39. The Hall–Kier alpha value is -0.570. The molecule has 94 valence electrons. The summed E-state index contributed by atoms with van der Waals surface area (Å²) in [5.74, 6) is 1.53. The zero-order valence-corrected chi connectivity index (χ0v) is 11.0. The molecule has 1 amide bonds. The molecule has 1 aliphatic carbocycles. The molecular formula is C13H25NO2. The molecule has 0 bridgehead atoms. The smallest absolute Gasteiger partial charge is 0.246 e. The van der Waals surface area contributed by atoms with E-state index in [4.69, 9.17) is 4.74 Å². The lowest BCUT2D eigenvalue weighted by Gasteiger charge is -2.32. The van der Waals surface area contributed by atoms with Gasteiger partial charge in [-0.25, -0.2) is 0 Å². The fourth-order valence-corrected chi connectivity index (χ4v) is 2.19. The normalized spacial score (nSPS) is 30.4. The minimum absolute atomic E-state index is 0.0282. The highest BCUT2D eigenvalue weighted by Crippen LogP contribution is 2.29. The van der Waals surface area contributed by atoms with E-state index in [9.17, 15) is 4.79 Å². The van der Waals surface area contributed by atoms with Gasteiger partial charge in [0, 0.05) is 6.04 Å². The first-order valence-corrected chi connectivity index (χ1v) is 6.40. The second-order valence-electron chi connectivity index (χ2n) is 5.39. The number of carbonyl (C=O) groups excluding carboxylic acids is 1. The van der Waals surface area contributed by atoms with Crippen molar-refractivity contribution in [2.45, 2.75) is 59.1 Å². The molecule has 1 N–H and O–H groups in total. The highest BCUT2D eigenvalue weighted by molar-refractivity contribution is 5.77. The Morgan fingerprint density at radius 1 is 1.31 bits per heavy atom. The molecule has 3 heteroatoms. The highest BCUT2D eigenvalue weighted by Gasteiger charge is 2.25. The topological polar surface area (TPSA) is 38.3 Å². The third-order valence-corrected chi connectivity index (χ3v) is 3.51. The van der Waals surface area contributed by atoms with E-state index in [1.54, 1.807) is 0 Å². The van der Waals surface area contributed by atoms with Gasteiger partial charge in [0.05, 0.1) is 6.10 Å². The van der Waals surface area contributed by atoms with Gasteiger partial charge in [-0.05, 0) is 44.9 Å². The quantitative estimate of drug-likeness (QED) is 0.800. The molecule has 1 saturated carbocycles. The van der Waals surface area contributed by atoms with E-state index in [0.717, 1.165) is 18.8 Å². The van der Waals surface area contributed by atoms with Crippen molar-refractivity contribution < 1.29 is 9.53 Å². The molecule has 0 saturated heterocycles. The average Bonchev–Trinajstić information content (AvgIpc) is 2.21. The van der Waals surface area contributed by atoms with Crippen LogP contribution >= 0.6 is 0 Å². The van der Waals surface area contributed by atoms with E-state index in [1.807, 2.05) is 13.8 Å². The largest absolute Gasteiger partial charge is 0.369 e. The Kier molecular flexibility index (Phi) is 5.26. The Morgan fingerprint density at radius 2 is 2.00 bits per heavy atom. The van der Waals surface area contributed by atoms with Gasteiger partial charge in [0.2, 0.25) is 5.91 Å². The molecule has 3 atom stereocenters. The fourth-order valence-electron chi connectivity index (χ4n) is 2.19. The second kappa shape index (κ2) is 6.24. The summed E-state index contributed by atoms with van der Waals surface area (Å²) in [7, 11) is 0. The van der Waals surface area contributed by atoms with Crippen molar-refractivity contribution in [3.8, 4) is 0 Å². The maximum atomic E-state index is 11.6. The highest BCUT2D eigenvalue weighted by atomic mass is 16.5. The van der Waals surface area contributed by atoms with Crippen LogP contribution in [-0.2, 0) is 9.53 Å². The number of amides is 1. The van der Waals surface area contributed by atoms with Gasteiger partial charge in [-0.3, -0.25) is 4.79 Å². The molecule has 0 spiro atoms. The summed E-state index contributed by atoms with van der Waals surface area (Å²) in [4.78, 5) is 11.6. The molecule has 1 fully saturated rings. The zero-order valence-electron chi connectivity index (χ0n) is 11.0. The monoisotopic (exact) mass is 227 g/mol. The summed E-state index contributed by atoms with van der Waals surface area (Å²) in [6.45, 7) is 8.64. The molecule has 3 unspecified atom stereocenters. The molecular weight excluding hydrogens is 202 g/mol. The van der Waals surface area contributed by atoms with Gasteiger partial charge in [0.1, 0.15) is 6.61 Å². The first-order chi connectivity index (χ1) is 7.49. The Labute approximate surface area is 98.9 Å². The van der Waals surface area contributed by atoms with Crippen LogP contribution in [0.25, 0.3) is 0 Å². The van der Waals surface area contributed by atoms with Crippen LogP contribution in [0, 0.1) is 11.8 Å². The minimum Gasteiger partial charge on any atom is -0.369 e. The lowest BCUT2D eigenvalue weighted by atomic mass is 9.79. The lowest BCUT2D eigenvalue weighted by molar-refractivity contribution is -0.128. The Balaban J connectivity index is 2.24. The van der Waals surface area contributed by atoms with E-state index in [-0.39, 0.29) is 18.6 Å². The zero-order chi connectivity index (χ0) is 12.1. The van der Waals surface area contributed by atoms with Crippen molar-refractivity contribution in [1.29, 1.82) is 0 Å². The minimum atomic E-state index is 0.0282. The lowest BCUT2D eigenvalue weighted by Crippen LogP contribution is -2.41. The van der Waals surface area contributed by atoms with E-state index in [1.165, 1.54) is 6.42 Å². The van der Waals surface area contributed by atoms with E-state index < -0.39 is 0 Å². The molecule has 0 heterocycles. The van der Waals surface area contributed by atoms with Crippen molar-refractivity contribution >= 4 is 5.91 Å². The first-order valence-electron chi connectivity index (χ1n) is 6.40. The molecule has 3 nitrogen and oxygen atoms in total. The van der Waals surface area contributed by atoms with Gasteiger partial charge >= 0.3 is 0 Å². The van der Waals surface area contributed by atoms with Gasteiger partial charge in [0.25, 0.3) is 0 Å². The van der Waals surface area contributed by atoms with Crippen molar-refractivity contribution in [2.24, 2.45) is 11.8 Å². The number of rotatable bonds is 4. The van der Waals surface area contributed by atoms with Gasteiger partial charge in [-0.15, -0.1) is 0 Å². The van der Waals surface area contributed by atoms with Crippen LogP contribution in [0.1, 0.15) is 47.0 Å². The maximum absolute atomic E-state index is 11.6. The van der Waals surface area contributed by atoms with Crippen LogP contribution in [0.3, 0.4) is 0 Å². The van der Waals surface area contributed by atoms with Gasteiger partial charge in [0.15, 0.2) is 0 Å². The van der Waals surface area contributed by atoms with E-state index in [2.05, 4.69) is 19.2 Å². The SMILES string of the molecule is CC(C)OCC(=O)NC1CCC(C)C(C)C1. The van der Waals surface area contributed by atoms with Crippen molar-refractivity contribution in [3.63, 3.8) is 0 Å². The number of ether oxygens (including phenoxy) is 1. The molecule has 1 aliphatic rings. The molecule has 0 radical (unpaired) electrons. The third kappa shape index (κ3) is 4.52. The number of carbonyl (C=O) groups is 1. The summed E-state index contributed by atoms with van der Waals surface area (Å²) in [6.07, 6.45) is 3.56. The Bertz CT molecular complexity index is 228. The molecule has 0 aromatic carbocycles. The fraction of sp³-hybridized carbons (Fsp3) is 0.923. The summed E-state index contributed by atoms with van der Waals surface area (Å²) in [5, 5.41) is 3.06. The molecule has 16 heavy (non-hydrogen) atoms. The van der Waals surface area contributed by atoms with E-state index >= 15 is 0 Å². The third-order valence-electron chi connectivity index (χ3n) is 3.51. The molecule has 0 aromatic heterocycles. The summed E-state index contributed by atoms with van der Waals surface area (Å²) >= 11 is 0. The number of hydrogen-bond donors (Lipinski definition) is 1. The van der Waals surface area contributed by atoms with Crippen molar-refractivity contribution in [3.05, 3.63) is 0 Å². The van der Waals surface area contributed by atoms with Crippen molar-refractivity contribution in [2.75, 3.05) is 6.61 Å². The molecule has 0 aromatic rings. The van der Waals surface area contributed by atoms with Crippen LogP contribution in [0.15, 0.2) is 0 Å².